The molecule has 0 radical (unpaired) electrons. The number of nitrogens with zero attached hydrogens (tertiary/aromatic N) is 3. The number of carbonyl (C=O) groups excluding carboxylic acids is 1. The minimum atomic E-state index is -0.0584. The highest BCUT2D eigenvalue weighted by atomic mass is 16.2. The highest BCUT2D eigenvalue weighted by Crippen LogP contribution is 2.19. The fraction of sp³-hybridized carbons (Fsp3) is 0.389. The van der Waals surface area contributed by atoms with Gasteiger partial charge in [-0.15, -0.1) is 0 Å². The van der Waals surface area contributed by atoms with Crippen molar-refractivity contribution in [2.75, 3.05) is 0 Å². The fourth-order valence-corrected chi connectivity index (χ4v) is 2.89. The van der Waals surface area contributed by atoms with E-state index in [1.165, 1.54) is 19.3 Å². The second-order valence-electron chi connectivity index (χ2n) is 5.89. The van der Waals surface area contributed by atoms with Crippen LogP contribution in [-0.4, -0.2) is 21.5 Å². The van der Waals surface area contributed by atoms with Gasteiger partial charge in [0.1, 0.15) is 5.49 Å². The molecule has 2 aromatic heterocycles. The Morgan fingerprint density at radius 2 is 1.91 bits per heavy atom. The van der Waals surface area contributed by atoms with Gasteiger partial charge in [0.2, 0.25) is 0 Å². The van der Waals surface area contributed by atoms with Crippen LogP contribution in [0.5, 0.6) is 0 Å². The zero-order valence-corrected chi connectivity index (χ0v) is 12.9. The molecule has 0 N–H and O–H groups in total. The summed E-state index contributed by atoms with van der Waals surface area (Å²) < 4.78 is 1.65. The lowest BCUT2D eigenvalue weighted by molar-refractivity contribution is 0.0954. The van der Waals surface area contributed by atoms with Gasteiger partial charge in [0.25, 0.3) is 5.91 Å². The van der Waals surface area contributed by atoms with E-state index in [4.69, 9.17) is 4.99 Å². The first-order valence-electron chi connectivity index (χ1n) is 7.92. The first-order valence-corrected chi connectivity index (χ1v) is 7.92. The fourth-order valence-electron chi connectivity index (χ4n) is 2.89. The van der Waals surface area contributed by atoms with Crippen LogP contribution >= 0.6 is 0 Å². The van der Waals surface area contributed by atoms with Crippen LogP contribution in [0.2, 0.25) is 0 Å². The van der Waals surface area contributed by atoms with Gasteiger partial charge >= 0.3 is 0 Å². The van der Waals surface area contributed by atoms with Crippen molar-refractivity contribution in [2.45, 2.75) is 45.1 Å². The Labute approximate surface area is 130 Å². The lowest BCUT2D eigenvalue weighted by atomic mass is 9.96. The van der Waals surface area contributed by atoms with Crippen molar-refractivity contribution < 1.29 is 4.79 Å². The quantitative estimate of drug-likeness (QED) is 0.854. The lowest BCUT2D eigenvalue weighted by Crippen LogP contribution is -2.29. The number of pyridine rings is 2. The molecule has 0 aromatic carbocycles. The number of aromatic nitrogens is 2. The Balaban J connectivity index is 2.01. The van der Waals surface area contributed by atoms with Crippen molar-refractivity contribution >= 4 is 5.91 Å². The maximum absolute atomic E-state index is 12.7. The van der Waals surface area contributed by atoms with Gasteiger partial charge < -0.3 is 0 Å². The van der Waals surface area contributed by atoms with Crippen LogP contribution in [-0.2, 0) is 0 Å². The molecule has 0 unspecified atom stereocenters. The van der Waals surface area contributed by atoms with Crippen LogP contribution in [0.3, 0.4) is 0 Å². The van der Waals surface area contributed by atoms with Gasteiger partial charge in [0, 0.05) is 24.2 Å². The summed E-state index contributed by atoms with van der Waals surface area (Å²) in [6.45, 7) is 2.03. The van der Waals surface area contributed by atoms with E-state index in [9.17, 15) is 4.79 Å². The molecule has 0 atom stereocenters. The molecule has 2 heterocycles. The zero-order valence-electron chi connectivity index (χ0n) is 12.9. The summed E-state index contributed by atoms with van der Waals surface area (Å²) in [4.78, 5) is 21.5. The van der Waals surface area contributed by atoms with E-state index in [0.717, 1.165) is 23.9 Å². The molecule has 1 saturated carbocycles. The summed E-state index contributed by atoms with van der Waals surface area (Å²) in [5.74, 6) is -0.0584. The minimum absolute atomic E-state index is 0.0584. The van der Waals surface area contributed by atoms with Crippen molar-refractivity contribution in [3.63, 3.8) is 0 Å². The Morgan fingerprint density at radius 1 is 1.18 bits per heavy atom. The highest BCUT2D eigenvalue weighted by Gasteiger charge is 2.13. The maximum Gasteiger partial charge on any atom is 0.263 e. The molecule has 0 amide bonds. The Kier molecular flexibility index (Phi) is 4.47. The van der Waals surface area contributed by atoms with Crippen LogP contribution in [0, 0.1) is 6.92 Å². The van der Waals surface area contributed by atoms with Crippen molar-refractivity contribution in [3.8, 4) is 0 Å². The third-order valence-electron chi connectivity index (χ3n) is 4.13. The van der Waals surface area contributed by atoms with Gasteiger partial charge in [-0.25, -0.2) is 0 Å². The first-order chi connectivity index (χ1) is 10.7. The van der Waals surface area contributed by atoms with Crippen LogP contribution in [0.1, 0.15) is 48.0 Å². The maximum atomic E-state index is 12.7. The van der Waals surface area contributed by atoms with Gasteiger partial charge in [0.05, 0.1) is 6.04 Å². The number of rotatable bonds is 2. The molecule has 1 fully saturated rings. The molecule has 0 spiro atoms. The Morgan fingerprint density at radius 3 is 2.64 bits per heavy atom. The third-order valence-corrected chi connectivity index (χ3v) is 4.13. The van der Waals surface area contributed by atoms with Gasteiger partial charge in [-0.2, -0.15) is 0 Å². The molecule has 3 rings (SSSR count). The predicted molar refractivity (Wildman–Crippen MR) is 85.6 cm³/mol. The van der Waals surface area contributed by atoms with Gasteiger partial charge in [-0.1, -0.05) is 19.3 Å². The average Bonchev–Trinajstić information content (AvgIpc) is 2.56. The molecule has 0 aliphatic heterocycles. The molecule has 114 valence electrons. The molecule has 0 saturated heterocycles. The molecule has 22 heavy (non-hydrogen) atoms. The molecule has 1 aliphatic carbocycles. The molecular formula is C18H21N3O. The first kappa shape index (κ1) is 14.7. The zero-order chi connectivity index (χ0) is 15.4. The molecule has 4 heteroatoms. The largest absolute Gasteiger partial charge is 0.268 e. The Bertz CT molecular complexity index is 713. The lowest BCUT2D eigenvalue weighted by Gasteiger charge is -2.18. The van der Waals surface area contributed by atoms with Crippen molar-refractivity contribution in [3.05, 3.63) is 59.5 Å². The van der Waals surface area contributed by atoms with E-state index in [0.29, 0.717) is 11.6 Å². The second-order valence-corrected chi connectivity index (χ2v) is 5.89. The van der Waals surface area contributed by atoms with E-state index in [1.807, 2.05) is 25.3 Å². The third kappa shape index (κ3) is 3.32. The normalized spacial score (nSPS) is 16.7. The van der Waals surface area contributed by atoms with Crippen LogP contribution in [0.15, 0.2) is 47.8 Å². The van der Waals surface area contributed by atoms with E-state index in [1.54, 1.807) is 29.1 Å². The summed E-state index contributed by atoms with van der Waals surface area (Å²) in [5.41, 5.74) is 2.51. The van der Waals surface area contributed by atoms with Crippen molar-refractivity contribution in [2.24, 2.45) is 4.99 Å². The standard InChI is InChI=1S/C18H21N3O/c1-14-9-12-21(18(22)15-7-10-19-11-8-15)17(13-14)20-16-5-3-2-4-6-16/h7-13,16H,2-6H2,1H3. The van der Waals surface area contributed by atoms with Crippen molar-refractivity contribution in [1.29, 1.82) is 0 Å². The molecule has 1 aliphatic rings. The average molecular weight is 295 g/mol. The summed E-state index contributed by atoms with van der Waals surface area (Å²) in [7, 11) is 0. The number of hydrogen-bond donors (Lipinski definition) is 0. The SMILES string of the molecule is Cc1ccn(C(=O)c2ccncc2)c(=NC2CCCCC2)c1. The van der Waals surface area contributed by atoms with E-state index in [-0.39, 0.29) is 5.91 Å². The molecular weight excluding hydrogens is 274 g/mol. The van der Waals surface area contributed by atoms with E-state index in [2.05, 4.69) is 4.98 Å². The topological polar surface area (TPSA) is 47.2 Å². The smallest absolute Gasteiger partial charge is 0.263 e. The molecule has 0 bridgehead atoms. The summed E-state index contributed by atoms with van der Waals surface area (Å²) in [6, 6.07) is 7.75. The van der Waals surface area contributed by atoms with E-state index < -0.39 is 0 Å². The monoisotopic (exact) mass is 295 g/mol. The van der Waals surface area contributed by atoms with Crippen molar-refractivity contribution in [1.82, 2.24) is 9.55 Å². The summed E-state index contributed by atoms with van der Waals surface area (Å²) >= 11 is 0. The van der Waals surface area contributed by atoms with Crippen LogP contribution in [0.25, 0.3) is 0 Å². The number of carbonyl (C=O) groups is 1. The second kappa shape index (κ2) is 6.69. The molecule has 2 aromatic rings. The van der Waals surface area contributed by atoms with Gasteiger partial charge in [-0.05, 0) is 49.6 Å². The van der Waals surface area contributed by atoms with Gasteiger partial charge in [-0.3, -0.25) is 19.3 Å². The van der Waals surface area contributed by atoms with Gasteiger partial charge in [0.15, 0.2) is 0 Å². The highest BCUT2D eigenvalue weighted by molar-refractivity contribution is 5.95. The molecule has 4 nitrogen and oxygen atoms in total. The minimum Gasteiger partial charge on any atom is -0.268 e. The predicted octanol–water partition coefficient (Wildman–Crippen LogP) is 3.11. The Hall–Kier alpha value is -2.23. The van der Waals surface area contributed by atoms with Crippen LogP contribution < -0.4 is 5.49 Å². The number of hydrogen-bond acceptors (Lipinski definition) is 3. The summed E-state index contributed by atoms with van der Waals surface area (Å²) in [5, 5.41) is 0. The van der Waals surface area contributed by atoms with Crippen LogP contribution in [0.4, 0.5) is 0 Å². The summed E-state index contributed by atoms with van der Waals surface area (Å²) in [6.07, 6.45) is 11.1. The van der Waals surface area contributed by atoms with E-state index >= 15 is 0 Å². The number of aryl methyl sites for hydroxylation is 1.